The molecule has 0 aromatic carbocycles. The highest BCUT2D eigenvalue weighted by molar-refractivity contribution is 7.99. The van der Waals surface area contributed by atoms with Crippen LogP contribution < -0.4 is 0 Å². The van der Waals surface area contributed by atoms with Crippen LogP contribution in [-0.4, -0.2) is 34.6 Å². The average Bonchev–Trinajstić information content (AvgIpc) is 2.46. The third-order valence-electron chi connectivity index (χ3n) is 4.00. The van der Waals surface area contributed by atoms with E-state index in [-0.39, 0.29) is 5.91 Å². The number of halogens is 1. The highest BCUT2D eigenvalue weighted by Crippen LogP contribution is 2.28. The SMILES string of the molecule is CC1CCCCC1N(C)C(=O)CSc1ccc(Cl)cn1. The number of carbonyl (C=O) groups is 1. The normalized spacial score (nSPS) is 22.6. The number of pyridine rings is 1. The maximum absolute atomic E-state index is 12.3. The molecule has 0 aliphatic heterocycles. The fourth-order valence-corrected chi connectivity index (χ4v) is 3.62. The zero-order valence-electron chi connectivity index (χ0n) is 12.0. The van der Waals surface area contributed by atoms with Crippen molar-refractivity contribution in [3.05, 3.63) is 23.4 Å². The van der Waals surface area contributed by atoms with Crippen LogP contribution in [0.1, 0.15) is 32.6 Å². The first-order chi connectivity index (χ1) is 9.58. The van der Waals surface area contributed by atoms with Gasteiger partial charge in [-0.05, 0) is 30.9 Å². The van der Waals surface area contributed by atoms with E-state index in [9.17, 15) is 4.79 Å². The van der Waals surface area contributed by atoms with E-state index in [1.807, 2.05) is 18.0 Å². The maximum atomic E-state index is 12.3. The zero-order valence-corrected chi connectivity index (χ0v) is 13.6. The lowest BCUT2D eigenvalue weighted by atomic mass is 9.85. The maximum Gasteiger partial charge on any atom is 0.232 e. The number of thioether (sulfide) groups is 1. The summed E-state index contributed by atoms with van der Waals surface area (Å²) in [6.07, 6.45) is 6.50. The van der Waals surface area contributed by atoms with E-state index in [1.54, 1.807) is 12.3 Å². The van der Waals surface area contributed by atoms with E-state index in [4.69, 9.17) is 11.6 Å². The first-order valence-electron chi connectivity index (χ1n) is 7.08. The van der Waals surface area contributed by atoms with Crippen LogP contribution in [0.3, 0.4) is 0 Å². The lowest BCUT2D eigenvalue weighted by molar-refractivity contribution is -0.130. The number of rotatable bonds is 4. The molecule has 1 heterocycles. The Morgan fingerprint density at radius 3 is 2.85 bits per heavy atom. The van der Waals surface area contributed by atoms with E-state index < -0.39 is 0 Å². The smallest absolute Gasteiger partial charge is 0.232 e. The molecule has 3 nitrogen and oxygen atoms in total. The lowest BCUT2D eigenvalue weighted by Crippen LogP contribution is -2.43. The van der Waals surface area contributed by atoms with Gasteiger partial charge in [-0.3, -0.25) is 4.79 Å². The molecule has 1 fully saturated rings. The summed E-state index contributed by atoms with van der Waals surface area (Å²) in [5.74, 6) is 1.23. The van der Waals surface area contributed by atoms with Gasteiger partial charge in [0, 0.05) is 19.3 Å². The molecule has 1 aromatic rings. The third kappa shape index (κ3) is 4.13. The van der Waals surface area contributed by atoms with Crippen molar-refractivity contribution in [2.24, 2.45) is 5.92 Å². The van der Waals surface area contributed by atoms with Crippen LogP contribution in [0.5, 0.6) is 0 Å². The molecule has 1 aliphatic rings. The molecule has 110 valence electrons. The summed E-state index contributed by atoms with van der Waals surface area (Å²) in [6, 6.07) is 4.05. The van der Waals surface area contributed by atoms with Gasteiger partial charge in [0.1, 0.15) is 0 Å². The highest BCUT2D eigenvalue weighted by Gasteiger charge is 2.27. The van der Waals surface area contributed by atoms with Gasteiger partial charge in [0.05, 0.1) is 15.8 Å². The van der Waals surface area contributed by atoms with E-state index in [1.165, 1.54) is 31.0 Å². The second-order valence-corrected chi connectivity index (χ2v) is 6.87. The fraction of sp³-hybridized carbons (Fsp3) is 0.600. The van der Waals surface area contributed by atoms with Gasteiger partial charge < -0.3 is 4.90 Å². The van der Waals surface area contributed by atoms with Crippen LogP contribution in [0, 0.1) is 5.92 Å². The number of hydrogen-bond acceptors (Lipinski definition) is 3. The van der Waals surface area contributed by atoms with Crippen molar-refractivity contribution in [2.75, 3.05) is 12.8 Å². The molecule has 5 heteroatoms. The second kappa shape index (κ2) is 7.32. The van der Waals surface area contributed by atoms with Gasteiger partial charge in [0.2, 0.25) is 5.91 Å². The largest absolute Gasteiger partial charge is 0.342 e. The molecule has 2 rings (SSSR count). The molecule has 20 heavy (non-hydrogen) atoms. The predicted octanol–water partition coefficient (Wildman–Crippen LogP) is 3.86. The molecule has 2 unspecified atom stereocenters. The topological polar surface area (TPSA) is 33.2 Å². The standard InChI is InChI=1S/C15H21ClN2OS/c1-11-5-3-4-6-13(11)18(2)15(19)10-20-14-8-7-12(16)9-17-14/h7-9,11,13H,3-6,10H2,1-2H3. The quantitative estimate of drug-likeness (QED) is 0.791. The number of amides is 1. The Balaban J connectivity index is 1.86. The number of aromatic nitrogens is 1. The summed E-state index contributed by atoms with van der Waals surface area (Å²) in [4.78, 5) is 18.4. The molecule has 0 bridgehead atoms. The van der Waals surface area contributed by atoms with Gasteiger partial charge in [-0.15, -0.1) is 0 Å². The molecule has 0 spiro atoms. The zero-order chi connectivity index (χ0) is 14.5. The molecular formula is C15H21ClN2OS. The average molecular weight is 313 g/mol. The second-order valence-electron chi connectivity index (χ2n) is 5.44. The third-order valence-corrected chi connectivity index (χ3v) is 5.15. The van der Waals surface area contributed by atoms with Crippen molar-refractivity contribution in [1.29, 1.82) is 0 Å². The summed E-state index contributed by atoms with van der Waals surface area (Å²) < 4.78 is 0. The minimum absolute atomic E-state index is 0.186. The summed E-state index contributed by atoms with van der Waals surface area (Å²) in [5.41, 5.74) is 0. The van der Waals surface area contributed by atoms with Crippen molar-refractivity contribution in [3.8, 4) is 0 Å². The minimum atomic E-state index is 0.186. The molecule has 0 N–H and O–H groups in total. The van der Waals surface area contributed by atoms with Gasteiger partial charge >= 0.3 is 0 Å². The van der Waals surface area contributed by atoms with E-state index in [0.29, 0.717) is 22.7 Å². The summed E-state index contributed by atoms with van der Waals surface area (Å²) >= 11 is 7.27. The van der Waals surface area contributed by atoms with Crippen LogP contribution in [-0.2, 0) is 4.79 Å². The number of hydrogen-bond donors (Lipinski definition) is 0. The van der Waals surface area contributed by atoms with Crippen molar-refractivity contribution in [1.82, 2.24) is 9.88 Å². The Kier molecular flexibility index (Phi) is 5.73. The first kappa shape index (κ1) is 15.6. The molecule has 1 aliphatic carbocycles. The Labute approximate surface area is 130 Å². The summed E-state index contributed by atoms with van der Waals surface area (Å²) in [5, 5.41) is 1.46. The molecule has 1 amide bonds. The van der Waals surface area contributed by atoms with Crippen molar-refractivity contribution in [2.45, 2.75) is 43.7 Å². The van der Waals surface area contributed by atoms with Gasteiger partial charge in [-0.2, -0.15) is 0 Å². The van der Waals surface area contributed by atoms with E-state index >= 15 is 0 Å². The Bertz CT molecular complexity index is 452. The monoisotopic (exact) mass is 312 g/mol. The van der Waals surface area contributed by atoms with Crippen molar-refractivity contribution in [3.63, 3.8) is 0 Å². The molecule has 0 radical (unpaired) electrons. The van der Waals surface area contributed by atoms with Crippen molar-refractivity contribution >= 4 is 29.3 Å². The molecule has 2 atom stereocenters. The van der Waals surface area contributed by atoms with E-state index in [0.717, 1.165) is 11.4 Å². The van der Waals surface area contributed by atoms with Gasteiger partial charge in [0.15, 0.2) is 0 Å². The summed E-state index contributed by atoms with van der Waals surface area (Å²) in [6.45, 7) is 2.25. The first-order valence-corrected chi connectivity index (χ1v) is 8.44. The Morgan fingerprint density at radius 2 is 2.20 bits per heavy atom. The number of carbonyl (C=O) groups excluding carboxylic acids is 1. The van der Waals surface area contributed by atoms with Crippen LogP contribution >= 0.6 is 23.4 Å². The fourth-order valence-electron chi connectivity index (χ4n) is 2.74. The summed E-state index contributed by atoms with van der Waals surface area (Å²) in [7, 11) is 1.94. The Morgan fingerprint density at radius 1 is 1.45 bits per heavy atom. The van der Waals surface area contributed by atoms with Crippen molar-refractivity contribution < 1.29 is 4.79 Å². The van der Waals surface area contributed by atoms with Crippen LogP contribution in [0.2, 0.25) is 5.02 Å². The Hall–Kier alpha value is -0.740. The minimum Gasteiger partial charge on any atom is -0.342 e. The van der Waals surface area contributed by atoms with Crippen LogP contribution in [0.4, 0.5) is 0 Å². The molecule has 0 saturated heterocycles. The van der Waals surface area contributed by atoms with Gasteiger partial charge in [-0.1, -0.05) is 43.1 Å². The van der Waals surface area contributed by atoms with Crippen LogP contribution in [0.25, 0.3) is 0 Å². The number of nitrogens with zero attached hydrogens (tertiary/aromatic N) is 2. The lowest BCUT2D eigenvalue weighted by Gasteiger charge is -2.36. The highest BCUT2D eigenvalue weighted by atomic mass is 35.5. The molecule has 1 saturated carbocycles. The van der Waals surface area contributed by atoms with Gasteiger partial charge in [-0.25, -0.2) is 4.98 Å². The molecular weight excluding hydrogens is 292 g/mol. The predicted molar refractivity (Wildman–Crippen MR) is 84.2 cm³/mol. The van der Waals surface area contributed by atoms with Crippen LogP contribution in [0.15, 0.2) is 23.4 Å². The van der Waals surface area contributed by atoms with Gasteiger partial charge in [0.25, 0.3) is 0 Å². The van der Waals surface area contributed by atoms with E-state index in [2.05, 4.69) is 11.9 Å². The molecule has 1 aromatic heterocycles.